The summed E-state index contributed by atoms with van der Waals surface area (Å²) in [5, 5.41) is 14.6. The van der Waals surface area contributed by atoms with Gasteiger partial charge >= 0.3 is 6.09 Å². The molecule has 1 aromatic carbocycles. The van der Waals surface area contributed by atoms with E-state index in [0.29, 0.717) is 6.54 Å². The van der Waals surface area contributed by atoms with Crippen LogP contribution in [0.3, 0.4) is 0 Å². The minimum Gasteiger partial charge on any atom is -0.465 e. The van der Waals surface area contributed by atoms with Crippen LogP contribution in [0, 0.1) is 0 Å². The van der Waals surface area contributed by atoms with Crippen molar-refractivity contribution in [3.63, 3.8) is 0 Å². The molecule has 0 bridgehead atoms. The van der Waals surface area contributed by atoms with Crippen molar-refractivity contribution >= 4 is 22.0 Å². The van der Waals surface area contributed by atoms with Gasteiger partial charge in [0.25, 0.3) is 0 Å². The highest BCUT2D eigenvalue weighted by Gasteiger charge is 2.43. The lowest BCUT2D eigenvalue weighted by Crippen LogP contribution is -2.33. The number of benzene rings is 1. The van der Waals surface area contributed by atoms with E-state index in [-0.39, 0.29) is 11.9 Å². The van der Waals surface area contributed by atoms with Crippen molar-refractivity contribution in [3.05, 3.63) is 35.9 Å². The van der Waals surface area contributed by atoms with Crippen LogP contribution in [0.5, 0.6) is 0 Å². The number of hydrogen-bond donors (Lipinski definition) is 3. The van der Waals surface area contributed by atoms with E-state index in [2.05, 4.69) is 26.6 Å². The first-order valence-corrected chi connectivity index (χ1v) is 8.35. The number of carboxylic acid groups (broad SMARTS) is 1. The number of carbonyl (C=O) groups is 1. The Kier molecular flexibility index (Phi) is 6.63. The normalized spacial score (nSPS) is 26.5. The third kappa shape index (κ3) is 5.24. The van der Waals surface area contributed by atoms with Gasteiger partial charge in [-0.15, -0.1) is 0 Å². The molecular weight excluding hydrogens is 352 g/mol. The summed E-state index contributed by atoms with van der Waals surface area (Å²) < 4.78 is 11.3. The number of amides is 1. The first-order chi connectivity index (χ1) is 10.6. The molecule has 2 saturated heterocycles. The Balaban J connectivity index is 0.000000160. The molecule has 6 nitrogen and oxygen atoms in total. The molecule has 1 spiro atoms. The molecule has 0 saturated carbocycles. The van der Waals surface area contributed by atoms with Crippen molar-refractivity contribution in [2.45, 2.75) is 24.9 Å². The van der Waals surface area contributed by atoms with E-state index >= 15 is 0 Å². The average Bonchev–Trinajstić information content (AvgIpc) is 3.17. The summed E-state index contributed by atoms with van der Waals surface area (Å²) in [5.74, 6) is -0.279. The van der Waals surface area contributed by atoms with E-state index in [0.717, 1.165) is 37.0 Å². The second-order valence-electron chi connectivity index (χ2n) is 5.19. The Hall–Kier alpha value is -1.15. The predicted molar refractivity (Wildman–Crippen MR) is 86.1 cm³/mol. The molecule has 2 heterocycles. The fourth-order valence-corrected chi connectivity index (χ4v) is 2.66. The van der Waals surface area contributed by atoms with Crippen molar-refractivity contribution < 1.29 is 19.4 Å². The molecule has 0 aromatic heterocycles. The lowest BCUT2D eigenvalue weighted by molar-refractivity contribution is -0.148. The van der Waals surface area contributed by atoms with Gasteiger partial charge in [-0.2, -0.15) is 0 Å². The van der Waals surface area contributed by atoms with Gasteiger partial charge in [-0.25, -0.2) is 4.79 Å². The van der Waals surface area contributed by atoms with E-state index in [1.807, 2.05) is 30.3 Å². The van der Waals surface area contributed by atoms with Gasteiger partial charge in [-0.05, 0) is 5.56 Å². The first-order valence-electron chi connectivity index (χ1n) is 7.23. The quantitative estimate of drug-likeness (QED) is 0.706. The summed E-state index contributed by atoms with van der Waals surface area (Å²) in [4.78, 5) is 10.1. The van der Waals surface area contributed by atoms with Crippen LogP contribution in [-0.4, -0.2) is 48.1 Å². The monoisotopic (exact) mass is 372 g/mol. The molecule has 7 heteroatoms. The summed E-state index contributed by atoms with van der Waals surface area (Å²) in [6, 6.07) is 9.38. The van der Waals surface area contributed by atoms with E-state index in [4.69, 9.17) is 14.6 Å². The fourth-order valence-electron chi connectivity index (χ4n) is 2.34. The summed E-state index contributed by atoms with van der Waals surface area (Å²) in [6.45, 7) is 2.95. The maximum absolute atomic E-state index is 10.1. The predicted octanol–water partition coefficient (Wildman–Crippen LogP) is 1.94. The van der Waals surface area contributed by atoms with Crippen LogP contribution in [0.2, 0.25) is 0 Å². The number of hydrogen-bond acceptors (Lipinski definition) is 4. The van der Waals surface area contributed by atoms with Gasteiger partial charge in [-0.1, -0.05) is 46.3 Å². The number of rotatable bonds is 3. The van der Waals surface area contributed by atoms with Gasteiger partial charge in [0.1, 0.15) is 0 Å². The molecule has 1 aromatic rings. The molecule has 3 rings (SSSR count). The first kappa shape index (κ1) is 17.2. The van der Waals surface area contributed by atoms with E-state index in [1.54, 1.807) is 0 Å². The van der Waals surface area contributed by atoms with Crippen LogP contribution in [0.4, 0.5) is 4.79 Å². The lowest BCUT2D eigenvalue weighted by atomic mass is 10.2. The number of nitrogens with one attached hydrogen (secondary N) is 2. The van der Waals surface area contributed by atoms with Gasteiger partial charge in [0.05, 0.1) is 12.7 Å². The topological polar surface area (TPSA) is 79.8 Å². The van der Waals surface area contributed by atoms with Gasteiger partial charge in [0.2, 0.25) is 0 Å². The molecule has 1 amide bonds. The van der Waals surface area contributed by atoms with Crippen molar-refractivity contribution in [2.24, 2.45) is 0 Å². The van der Waals surface area contributed by atoms with Crippen LogP contribution in [0.15, 0.2) is 30.3 Å². The van der Waals surface area contributed by atoms with E-state index < -0.39 is 6.09 Å². The highest BCUT2D eigenvalue weighted by Crippen LogP contribution is 2.29. The Labute approximate surface area is 138 Å². The molecule has 2 atom stereocenters. The Bertz CT molecular complexity index is 466. The number of ether oxygens (including phenoxy) is 2. The third-order valence-corrected chi connectivity index (χ3v) is 4.17. The second kappa shape index (κ2) is 8.47. The molecule has 3 N–H and O–H groups in total. The van der Waals surface area contributed by atoms with Crippen LogP contribution in [0.1, 0.15) is 12.0 Å². The molecule has 2 fully saturated rings. The largest absolute Gasteiger partial charge is 0.465 e. The molecule has 2 aliphatic rings. The van der Waals surface area contributed by atoms with Gasteiger partial charge in [-0.3, -0.25) is 0 Å². The Morgan fingerprint density at radius 1 is 1.45 bits per heavy atom. The summed E-state index contributed by atoms with van der Waals surface area (Å²) in [5.41, 5.74) is 0.968. The second-order valence-corrected chi connectivity index (χ2v) is 5.83. The zero-order chi connectivity index (χ0) is 15.8. The molecule has 2 unspecified atom stereocenters. The lowest BCUT2D eigenvalue weighted by Gasteiger charge is -2.20. The SMILES string of the molecule is BrCC1COC2(CCNC2)O1.O=C(O)NCc1ccccc1. The number of halogens is 1. The van der Waals surface area contributed by atoms with Crippen molar-refractivity contribution in [3.8, 4) is 0 Å². The van der Waals surface area contributed by atoms with Crippen LogP contribution in [0.25, 0.3) is 0 Å². The zero-order valence-electron chi connectivity index (χ0n) is 12.3. The summed E-state index contributed by atoms with van der Waals surface area (Å²) >= 11 is 3.38. The maximum atomic E-state index is 10.1. The molecule has 22 heavy (non-hydrogen) atoms. The highest BCUT2D eigenvalue weighted by molar-refractivity contribution is 9.09. The fraction of sp³-hybridized carbons (Fsp3) is 0.533. The smallest absolute Gasteiger partial charge is 0.404 e. The van der Waals surface area contributed by atoms with Gasteiger partial charge < -0.3 is 25.2 Å². The summed E-state index contributed by atoms with van der Waals surface area (Å²) in [6.07, 6.45) is 0.236. The number of alkyl halides is 1. The molecular formula is C15H21BrN2O4. The van der Waals surface area contributed by atoms with Gasteiger partial charge in [0.15, 0.2) is 5.79 Å². The Morgan fingerprint density at radius 3 is 2.77 bits per heavy atom. The highest BCUT2D eigenvalue weighted by atomic mass is 79.9. The van der Waals surface area contributed by atoms with Crippen LogP contribution >= 0.6 is 15.9 Å². The van der Waals surface area contributed by atoms with Crippen LogP contribution < -0.4 is 10.6 Å². The van der Waals surface area contributed by atoms with Crippen LogP contribution in [-0.2, 0) is 16.0 Å². The summed E-state index contributed by atoms with van der Waals surface area (Å²) in [7, 11) is 0. The average molecular weight is 373 g/mol. The zero-order valence-corrected chi connectivity index (χ0v) is 13.8. The van der Waals surface area contributed by atoms with Gasteiger partial charge in [0, 0.05) is 31.4 Å². The maximum Gasteiger partial charge on any atom is 0.404 e. The standard InChI is InChI=1S/C8H9NO2.C7H12BrNO2/c10-8(11)9-6-7-4-2-1-3-5-7;8-3-6-4-10-7(11-6)1-2-9-5-7/h1-5,9H,6H2,(H,10,11);6,9H,1-5H2. The molecule has 122 valence electrons. The third-order valence-electron chi connectivity index (χ3n) is 3.45. The molecule has 0 aliphatic carbocycles. The van der Waals surface area contributed by atoms with Crippen molar-refractivity contribution in [1.82, 2.24) is 10.6 Å². The molecule has 2 aliphatic heterocycles. The van der Waals surface area contributed by atoms with Crippen molar-refractivity contribution in [2.75, 3.05) is 25.0 Å². The van der Waals surface area contributed by atoms with E-state index in [9.17, 15) is 4.79 Å². The van der Waals surface area contributed by atoms with E-state index in [1.165, 1.54) is 0 Å². The molecule has 0 radical (unpaired) electrons. The minimum atomic E-state index is -0.992. The van der Waals surface area contributed by atoms with Crippen molar-refractivity contribution in [1.29, 1.82) is 0 Å². The minimum absolute atomic E-state index is 0.245. The Morgan fingerprint density at radius 2 is 2.23 bits per heavy atom.